The molecule has 3 rings (SSSR count). The van der Waals surface area contributed by atoms with Gasteiger partial charge in [-0.2, -0.15) is 0 Å². The standard InChI is InChI=1S/C14H10Cl2N2O2S2/c1-8-2-4-9(5-3-8)22(19,20)18-14-17-13-11(21-14)7-6-10(15)12(13)16/h2-7H,1H3,(H,17,18). The molecule has 0 amide bonds. The molecule has 0 saturated heterocycles. The summed E-state index contributed by atoms with van der Waals surface area (Å²) in [5.74, 6) is 0. The molecule has 0 unspecified atom stereocenters. The zero-order valence-corrected chi connectivity index (χ0v) is 14.4. The zero-order chi connectivity index (χ0) is 15.9. The van der Waals surface area contributed by atoms with Gasteiger partial charge in [0.15, 0.2) is 5.13 Å². The van der Waals surface area contributed by atoms with Crippen molar-refractivity contribution in [3.05, 3.63) is 52.0 Å². The number of sulfonamides is 1. The van der Waals surface area contributed by atoms with Gasteiger partial charge in [0.1, 0.15) is 5.52 Å². The van der Waals surface area contributed by atoms with Crippen molar-refractivity contribution in [1.29, 1.82) is 0 Å². The summed E-state index contributed by atoms with van der Waals surface area (Å²) in [7, 11) is -3.68. The van der Waals surface area contributed by atoms with Crippen LogP contribution in [-0.4, -0.2) is 13.4 Å². The van der Waals surface area contributed by atoms with Crippen molar-refractivity contribution in [2.45, 2.75) is 11.8 Å². The maximum Gasteiger partial charge on any atom is 0.263 e. The molecule has 1 aromatic heterocycles. The van der Waals surface area contributed by atoms with Gasteiger partial charge in [0.2, 0.25) is 0 Å². The molecule has 0 atom stereocenters. The minimum atomic E-state index is -3.68. The molecule has 0 fully saturated rings. The van der Waals surface area contributed by atoms with Crippen molar-refractivity contribution >= 4 is 59.9 Å². The fourth-order valence-corrected chi connectivity index (χ4v) is 4.40. The average molecular weight is 373 g/mol. The van der Waals surface area contributed by atoms with E-state index in [9.17, 15) is 8.42 Å². The van der Waals surface area contributed by atoms with Gasteiger partial charge in [0.05, 0.1) is 19.6 Å². The Balaban J connectivity index is 1.99. The number of hydrogen-bond donors (Lipinski definition) is 1. The second-order valence-corrected chi connectivity index (χ2v) is 8.14. The summed E-state index contributed by atoms with van der Waals surface area (Å²) in [5, 5.41) is 0.948. The summed E-state index contributed by atoms with van der Waals surface area (Å²) >= 11 is 13.2. The van der Waals surface area contributed by atoms with Crippen LogP contribution in [0.5, 0.6) is 0 Å². The van der Waals surface area contributed by atoms with Crippen LogP contribution in [-0.2, 0) is 10.0 Å². The maximum absolute atomic E-state index is 12.3. The van der Waals surface area contributed by atoms with Crippen LogP contribution in [0.25, 0.3) is 10.2 Å². The maximum atomic E-state index is 12.3. The van der Waals surface area contributed by atoms with E-state index in [0.29, 0.717) is 15.6 Å². The monoisotopic (exact) mass is 372 g/mol. The van der Waals surface area contributed by atoms with Crippen molar-refractivity contribution in [2.24, 2.45) is 0 Å². The van der Waals surface area contributed by atoms with Gasteiger partial charge in [-0.15, -0.1) is 0 Å². The molecule has 8 heteroatoms. The Morgan fingerprint density at radius 1 is 1.09 bits per heavy atom. The van der Waals surface area contributed by atoms with Crippen molar-refractivity contribution in [3.63, 3.8) is 0 Å². The van der Waals surface area contributed by atoms with E-state index >= 15 is 0 Å². The van der Waals surface area contributed by atoms with Crippen LogP contribution < -0.4 is 4.72 Å². The number of aromatic nitrogens is 1. The van der Waals surface area contributed by atoms with Gasteiger partial charge in [-0.05, 0) is 31.2 Å². The lowest BCUT2D eigenvalue weighted by Gasteiger charge is -2.04. The van der Waals surface area contributed by atoms with Gasteiger partial charge in [0, 0.05) is 0 Å². The first-order valence-electron chi connectivity index (χ1n) is 6.21. The molecule has 3 aromatic rings. The van der Waals surface area contributed by atoms with Gasteiger partial charge in [0.25, 0.3) is 10.0 Å². The second-order valence-electron chi connectivity index (χ2n) is 4.65. The summed E-state index contributed by atoms with van der Waals surface area (Å²) in [6.45, 7) is 1.89. The Bertz CT molecular complexity index is 951. The molecule has 1 N–H and O–H groups in total. The van der Waals surface area contributed by atoms with Gasteiger partial charge in [-0.1, -0.05) is 52.2 Å². The van der Waals surface area contributed by atoms with E-state index in [1.54, 1.807) is 36.4 Å². The fraction of sp³-hybridized carbons (Fsp3) is 0.0714. The van der Waals surface area contributed by atoms with E-state index in [1.807, 2.05) is 6.92 Å². The van der Waals surface area contributed by atoms with E-state index < -0.39 is 10.0 Å². The first-order valence-corrected chi connectivity index (χ1v) is 9.26. The number of anilines is 1. The van der Waals surface area contributed by atoms with Gasteiger partial charge in [-0.3, -0.25) is 4.72 Å². The Labute approximate surface area is 141 Å². The lowest BCUT2D eigenvalue weighted by atomic mass is 10.2. The van der Waals surface area contributed by atoms with Crippen molar-refractivity contribution < 1.29 is 8.42 Å². The highest BCUT2D eigenvalue weighted by Crippen LogP contribution is 2.35. The van der Waals surface area contributed by atoms with Gasteiger partial charge < -0.3 is 0 Å². The van der Waals surface area contributed by atoms with Crippen LogP contribution >= 0.6 is 34.5 Å². The predicted octanol–water partition coefficient (Wildman–Crippen LogP) is 4.71. The molecule has 114 valence electrons. The summed E-state index contributed by atoms with van der Waals surface area (Å²) < 4.78 is 27.9. The summed E-state index contributed by atoms with van der Waals surface area (Å²) in [4.78, 5) is 4.40. The third kappa shape index (κ3) is 2.92. The summed E-state index contributed by atoms with van der Waals surface area (Å²) in [6.07, 6.45) is 0. The molecule has 22 heavy (non-hydrogen) atoms. The number of rotatable bonds is 3. The SMILES string of the molecule is Cc1ccc(S(=O)(=O)Nc2nc3c(Cl)c(Cl)ccc3s2)cc1. The molecule has 0 saturated carbocycles. The molecule has 2 aromatic carbocycles. The Kier molecular flexibility index (Phi) is 4.03. The largest absolute Gasteiger partial charge is 0.263 e. The summed E-state index contributed by atoms with van der Waals surface area (Å²) in [6, 6.07) is 9.99. The first kappa shape index (κ1) is 15.6. The quantitative estimate of drug-likeness (QED) is 0.723. The van der Waals surface area contributed by atoms with E-state index in [-0.39, 0.29) is 10.0 Å². The molecule has 0 aliphatic carbocycles. The Morgan fingerprint density at radius 3 is 2.45 bits per heavy atom. The molecular weight excluding hydrogens is 363 g/mol. The van der Waals surface area contributed by atoms with E-state index in [2.05, 4.69) is 9.71 Å². The molecule has 1 heterocycles. The first-order chi connectivity index (χ1) is 10.4. The molecule has 0 radical (unpaired) electrons. The van der Waals surface area contributed by atoms with Crippen LogP contribution in [0.2, 0.25) is 10.0 Å². The third-order valence-electron chi connectivity index (χ3n) is 3.00. The zero-order valence-electron chi connectivity index (χ0n) is 11.3. The minimum Gasteiger partial charge on any atom is -0.255 e. The topological polar surface area (TPSA) is 59.1 Å². The molecule has 0 spiro atoms. The molecule has 0 aliphatic heterocycles. The highest BCUT2D eigenvalue weighted by atomic mass is 35.5. The third-order valence-corrected chi connectivity index (χ3v) is 6.22. The second kappa shape index (κ2) is 5.70. The minimum absolute atomic E-state index is 0.182. The van der Waals surface area contributed by atoms with E-state index in [1.165, 1.54) is 11.3 Å². The van der Waals surface area contributed by atoms with Crippen molar-refractivity contribution in [1.82, 2.24) is 4.98 Å². The van der Waals surface area contributed by atoms with E-state index in [4.69, 9.17) is 23.2 Å². The number of halogens is 2. The average Bonchev–Trinajstić information content (AvgIpc) is 2.86. The molecular formula is C14H10Cl2N2O2S2. The van der Waals surface area contributed by atoms with Crippen LogP contribution in [0.4, 0.5) is 5.13 Å². The number of hydrogen-bond acceptors (Lipinski definition) is 4. The number of nitrogens with zero attached hydrogens (tertiary/aromatic N) is 1. The number of fused-ring (bicyclic) bond motifs is 1. The molecule has 4 nitrogen and oxygen atoms in total. The van der Waals surface area contributed by atoms with Crippen LogP contribution in [0.15, 0.2) is 41.3 Å². The highest BCUT2D eigenvalue weighted by molar-refractivity contribution is 7.93. The Morgan fingerprint density at radius 2 is 1.77 bits per heavy atom. The number of aryl methyl sites for hydroxylation is 1. The van der Waals surface area contributed by atoms with Crippen molar-refractivity contribution in [3.8, 4) is 0 Å². The molecule has 0 aliphatic rings. The number of thiazole rings is 1. The van der Waals surface area contributed by atoms with E-state index in [0.717, 1.165) is 10.3 Å². The van der Waals surface area contributed by atoms with Crippen LogP contribution in [0.3, 0.4) is 0 Å². The lowest BCUT2D eigenvalue weighted by Crippen LogP contribution is -2.12. The summed E-state index contributed by atoms with van der Waals surface area (Å²) in [5.41, 5.74) is 1.47. The van der Waals surface area contributed by atoms with Gasteiger partial charge in [-0.25, -0.2) is 13.4 Å². The van der Waals surface area contributed by atoms with Crippen LogP contribution in [0, 0.1) is 6.92 Å². The Hall–Kier alpha value is -1.34. The fourth-order valence-electron chi connectivity index (χ4n) is 1.87. The van der Waals surface area contributed by atoms with Crippen LogP contribution in [0.1, 0.15) is 5.56 Å². The lowest BCUT2D eigenvalue weighted by molar-refractivity contribution is 0.601. The predicted molar refractivity (Wildman–Crippen MR) is 91.6 cm³/mol. The van der Waals surface area contributed by atoms with Crippen molar-refractivity contribution in [2.75, 3.05) is 4.72 Å². The number of nitrogens with one attached hydrogen (secondary N) is 1. The normalized spacial score (nSPS) is 11.8. The smallest absolute Gasteiger partial charge is 0.255 e. The van der Waals surface area contributed by atoms with Gasteiger partial charge >= 0.3 is 0 Å². The number of benzene rings is 2. The molecule has 0 bridgehead atoms. The highest BCUT2D eigenvalue weighted by Gasteiger charge is 2.17.